The molecular formula is C32H46O. The van der Waals surface area contributed by atoms with Crippen molar-refractivity contribution in [1.82, 2.24) is 0 Å². The lowest BCUT2D eigenvalue weighted by Gasteiger charge is -2.25. The van der Waals surface area contributed by atoms with Crippen LogP contribution in [0.25, 0.3) is 0 Å². The van der Waals surface area contributed by atoms with Crippen LogP contribution >= 0.6 is 0 Å². The maximum Gasteiger partial charge on any atom is 0.119 e. The molecule has 1 aromatic carbocycles. The smallest absolute Gasteiger partial charge is 0.119 e. The molecule has 0 bridgehead atoms. The predicted octanol–water partition coefficient (Wildman–Crippen LogP) is 9.11. The minimum Gasteiger partial charge on any atom is -0.494 e. The second-order valence-corrected chi connectivity index (χ2v) is 9.60. The molecule has 1 aliphatic carbocycles. The summed E-state index contributed by atoms with van der Waals surface area (Å²) in [6, 6.07) is 8.09. The van der Waals surface area contributed by atoms with E-state index in [0.717, 1.165) is 30.3 Å². The van der Waals surface area contributed by atoms with Gasteiger partial charge in [-0.05, 0) is 74.4 Å². The second-order valence-electron chi connectivity index (χ2n) is 9.60. The van der Waals surface area contributed by atoms with E-state index in [9.17, 15) is 0 Å². The molecule has 1 fully saturated rings. The summed E-state index contributed by atoms with van der Waals surface area (Å²) in [4.78, 5) is 0. The normalized spacial score (nSPS) is 17.8. The molecule has 0 spiro atoms. The lowest BCUT2D eigenvalue weighted by Crippen LogP contribution is -2.13. The molecule has 1 aromatic rings. The van der Waals surface area contributed by atoms with Crippen LogP contribution < -0.4 is 4.74 Å². The average Bonchev–Trinajstić information content (AvgIpc) is 2.85. The maximum atomic E-state index is 5.82. The Balaban J connectivity index is 1.60. The van der Waals surface area contributed by atoms with Crippen molar-refractivity contribution in [1.29, 1.82) is 0 Å². The van der Waals surface area contributed by atoms with Gasteiger partial charge in [-0.3, -0.25) is 0 Å². The Morgan fingerprint density at radius 1 is 0.758 bits per heavy atom. The molecule has 0 heterocycles. The van der Waals surface area contributed by atoms with Crippen LogP contribution in [0.15, 0.2) is 36.4 Å². The lowest BCUT2D eigenvalue weighted by atomic mass is 9.80. The summed E-state index contributed by atoms with van der Waals surface area (Å²) >= 11 is 0. The fourth-order valence-electron chi connectivity index (χ4n) is 4.54. The van der Waals surface area contributed by atoms with E-state index in [0.29, 0.717) is 5.92 Å². The van der Waals surface area contributed by atoms with Gasteiger partial charge in [0, 0.05) is 11.5 Å². The number of benzene rings is 1. The molecule has 0 saturated heterocycles. The van der Waals surface area contributed by atoms with Crippen molar-refractivity contribution in [3.8, 4) is 29.4 Å². The van der Waals surface area contributed by atoms with E-state index < -0.39 is 0 Å². The Labute approximate surface area is 204 Å². The van der Waals surface area contributed by atoms with Gasteiger partial charge in [0.05, 0.1) is 6.61 Å². The Hall–Kier alpha value is -2.12. The number of allylic oxidation sites excluding steroid dienone is 2. The minimum atomic E-state index is 0.582. The van der Waals surface area contributed by atoms with Crippen molar-refractivity contribution in [2.24, 2.45) is 11.8 Å². The fourth-order valence-corrected chi connectivity index (χ4v) is 4.54. The zero-order valence-corrected chi connectivity index (χ0v) is 21.3. The van der Waals surface area contributed by atoms with E-state index in [1.54, 1.807) is 0 Å². The highest BCUT2D eigenvalue weighted by Crippen LogP contribution is 2.31. The van der Waals surface area contributed by atoms with Crippen LogP contribution in [0.3, 0.4) is 0 Å². The van der Waals surface area contributed by atoms with Gasteiger partial charge in [-0.2, -0.15) is 0 Å². The van der Waals surface area contributed by atoms with Crippen LogP contribution in [0.1, 0.15) is 116 Å². The molecule has 0 amide bonds. The molecule has 0 unspecified atom stereocenters. The monoisotopic (exact) mass is 446 g/mol. The third-order valence-electron chi connectivity index (χ3n) is 6.69. The van der Waals surface area contributed by atoms with Gasteiger partial charge in [0.15, 0.2) is 0 Å². The van der Waals surface area contributed by atoms with Crippen LogP contribution in [0.4, 0.5) is 0 Å². The standard InChI is InChI=1S/C32H46O/c1-3-5-7-9-13-17-29-20-22-30(23-21-29)18-14-10-11-15-19-31-24-26-32(27-25-31)33-28-16-12-8-6-4-2/h10-11,24-27,29-30H,3-9,12-13,16-17,20-23,28H2,1-2H3. The van der Waals surface area contributed by atoms with E-state index >= 15 is 0 Å². The first-order valence-corrected chi connectivity index (χ1v) is 13.7. The van der Waals surface area contributed by atoms with Crippen LogP contribution in [0.2, 0.25) is 0 Å². The van der Waals surface area contributed by atoms with Gasteiger partial charge in [0.1, 0.15) is 5.75 Å². The summed E-state index contributed by atoms with van der Waals surface area (Å²) in [5.74, 6) is 15.4. The Morgan fingerprint density at radius 2 is 1.39 bits per heavy atom. The number of hydrogen-bond acceptors (Lipinski definition) is 1. The first-order valence-electron chi connectivity index (χ1n) is 13.7. The molecule has 2 rings (SSSR count). The highest BCUT2D eigenvalue weighted by atomic mass is 16.5. The van der Waals surface area contributed by atoms with Crippen molar-refractivity contribution in [2.75, 3.05) is 6.61 Å². The highest BCUT2D eigenvalue weighted by molar-refractivity contribution is 5.40. The SMILES string of the molecule is CCCCCCCOc1ccc(C#CC=CC#CC2CCC(CCCCCCC)CC2)cc1. The first-order chi connectivity index (χ1) is 16.3. The van der Waals surface area contributed by atoms with Gasteiger partial charge in [0.25, 0.3) is 0 Å². The van der Waals surface area contributed by atoms with E-state index in [-0.39, 0.29) is 0 Å². The Morgan fingerprint density at radius 3 is 2.09 bits per heavy atom. The minimum absolute atomic E-state index is 0.582. The number of hydrogen-bond donors (Lipinski definition) is 0. The third kappa shape index (κ3) is 13.2. The predicted molar refractivity (Wildman–Crippen MR) is 143 cm³/mol. The molecule has 1 aliphatic rings. The van der Waals surface area contributed by atoms with Gasteiger partial charge < -0.3 is 4.74 Å². The highest BCUT2D eigenvalue weighted by Gasteiger charge is 2.19. The van der Waals surface area contributed by atoms with Gasteiger partial charge in [0.2, 0.25) is 0 Å². The molecule has 0 aliphatic heterocycles. The maximum absolute atomic E-state index is 5.82. The van der Waals surface area contributed by atoms with Gasteiger partial charge in [-0.15, -0.1) is 0 Å². The van der Waals surface area contributed by atoms with E-state index in [1.807, 2.05) is 36.4 Å². The summed E-state index contributed by atoms with van der Waals surface area (Å²) in [7, 11) is 0. The second kappa shape index (κ2) is 18.3. The summed E-state index contributed by atoms with van der Waals surface area (Å²) in [5.41, 5.74) is 1.01. The van der Waals surface area contributed by atoms with Crippen LogP contribution in [-0.4, -0.2) is 6.61 Å². The van der Waals surface area contributed by atoms with Gasteiger partial charge in [-0.1, -0.05) is 102 Å². The molecular weight excluding hydrogens is 400 g/mol. The van der Waals surface area contributed by atoms with E-state index in [1.165, 1.54) is 89.9 Å². The van der Waals surface area contributed by atoms with Crippen LogP contribution in [0.5, 0.6) is 5.75 Å². The lowest BCUT2D eigenvalue weighted by molar-refractivity contribution is 0.294. The van der Waals surface area contributed by atoms with Crippen molar-refractivity contribution >= 4 is 0 Å². The number of rotatable bonds is 13. The zero-order chi connectivity index (χ0) is 23.4. The molecule has 0 radical (unpaired) electrons. The van der Waals surface area contributed by atoms with Crippen molar-refractivity contribution < 1.29 is 4.74 Å². The molecule has 0 atom stereocenters. The summed E-state index contributed by atoms with van der Waals surface area (Å²) in [5, 5.41) is 0. The van der Waals surface area contributed by atoms with E-state index in [2.05, 4.69) is 37.5 Å². The molecule has 0 aromatic heterocycles. The molecule has 33 heavy (non-hydrogen) atoms. The van der Waals surface area contributed by atoms with Crippen LogP contribution in [-0.2, 0) is 0 Å². The quantitative estimate of drug-likeness (QED) is 0.217. The topological polar surface area (TPSA) is 9.23 Å². The van der Waals surface area contributed by atoms with Crippen molar-refractivity contribution in [3.63, 3.8) is 0 Å². The summed E-state index contributed by atoms with van der Waals surface area (Å²) in [6.45, 7) is 5.33. The first kappa shape index (κ1) is 27.1. The average molecular weight is 447 g/mol. The largest absolute Gasteiger partial charge is 0.494 e. The third-order valence-corrected chi connectivity index (χ3v) is 6.69. The summed E-state index contributed by atoms with van der Waals surface area (Å²) in [6.07, 6.45) is 23.8. The zero-order valence-electron chi connectivity index (χ0n) is 21.3. The molecule has 180 valence electrons. The molecule has 0 N–H and O–H groups in total. The van der Waals surface area contributed by atoms with Crippen molar-refractivity contribution in [3.05, 3.63) is 42.0 Å². The number of ether oxygens (including phenoxy) is 1. The van der Waals surface area contributed by atoms with Crippen molar-refractivity contribution in [2.45, 2.75) is 110 Å². The summed E-state index contributed by atoms with van der Waals surface area (Å²) < 4.78 is 5.82. The molecule has 1 saturated carbocycles. The van der Waals surface area contributed by atoms with Gasteiger partial charge >= 0.3 is 0 Å². The molecule has 1 nitrogen and oxygen atoms in total. The number of unbranched alkanes of at least 4 members (excludes halogenated alkanes) is 8. The Kier molecular flexibility index (Phi) is 15.1. The fraction of sp³-hybridized carbons (Fsp3) is 0.625. The Bertz CT molecular complexity index is 757. The van der Waals surface area contributed by atoms with Crippen LogP contribution in [0, 0.1) is 35.5 Å². The van der Waals surface area contributed by atoms with Gasteiger partial charge in [-0.25, -0.2) is 0 Å². The molecule has 1 heteroatoms. The van der Waals surface area contributed by atoms with E-state index in [4.69, 9.17) is 4.74 Å².